The molecule has 112 valence electrons. The number of carbonyl (C=O) groups is 3. The van der Waals surface area contributed by atoms with Crippen LogP contribution in [0.15, 0.2) is 30.3 Å². The average Bonchev–Trinajstić information content (AvgIpc) is 2.79. The van der Waals surface area contributed by atoms with Crippen LogP contribution in [0, 0.1) is 0 Å². The van der Waals surface area contributed by atoms with Crippen LogP contribution in [-0.4, -0.2) is 35.2 Å². The molecular weight excluding hydrogens is 302 g/mol. The highest BCUT2D eigenvalue weighted by atomic mass is 35.5. The summed E-state index contributed by atoms with van der Waals surface area (Å²) in [6, 6.07) is 7.97. The second-order valence-corrected chi connectivity index (χ2v) is 4.62. The number of hydrogen-bond acceptors (Lipinski definition) is 7. The third-order valence-corrected chi connectivity index (χ3v) is 2.85. The molecule has 0 bridgehead atoms. The molecule has 0 amide bonds. The highest BCUT2D eigenvalue weighted by molar-refractivity contribution is 6.63. The first-order chi connectivity index (χ1) is 10.1. The molecule has 0 radical (unpaired) electrons. The van der Waals surface area contributed by atoms with E-state index in [0.717, 1.165) is 10.6 Å². The van der Waals surface area contributed by atoms with Gasteiger partial charge in [0.1, 0.15) is 6.61 Å². The summed E-state index contributed by atoms with van der Waals surface area (Å²) in [7, 11) is 0. The molecule has 7 nitrogen and oxygen atoms in total. The van der Waals surface area contributed by atoms with E-state index < -0.39 is 23.4 Å². The molecular formula is C13H12ClNO6. The molecule has 0 unspecified atom stereocenters. The van der Waals surface area contributed by atoms with Crippen LogP contribution in [0.25, 0.3) is 0 Å². The Morgan fingerprint density at radius 2 is 2.05 bits per heavy atom. The number of hydrogen-bond donors (Lipinski definition) is 0. The number of benzene rings is 1. The van der Waals surface area contributed by atoms with Crippen molar-refractivity contribution in [3.63, 3.8) is 0 Å². The van der Waals surface area contributed by atoms with Crippen LogP contribution in [0.2, 0.25) is 0 Å². The van der Waals surface area contributed by atoms with Gasteiger partial charge in [-0.2, -0.15) is 0 Å². The van der Waals surface area contributed by atoms with Crippen LogP contribution in [0.1, 0.15) is 12.0 Å². The zero-order valence-electron chi connectivity index (χ0n) is 10.9. The van der Waals surface area contributed by atoms with Crippen molar-refractivity contribution in [3.8, 4) is 0 Å². The zero-order chi connectivity index (χ0) is 15.2. The summed E-state index contributed by atoms with van der Waals surface area (Å²) in [5.74, 6) is -0.681. The van der Waals surface area contributed by atoms with Gasteiger partial charge in [-0.25, -0.2) is 4.79 Å². The van der Waals surface area contributed by atoms with Crippen molar-refractivity contribution >= 4 is 29.0 Å². The van der Waals surface area contributed by atoms with Gasteiger partial charge in [-0.3, -0.25) is 9.59 Å². The summed E-state index contributed by atoms with van der Waals surface area (Å²) in [5.41, 5.74) is 0.788. The normalized spacial score (nSPS) is 18.1. The summed E-state index contributed by atoms with van der Waals surface area (Å²) in [4.78, 5) is 38.6. The van der Waals surface area contributed by atoms with E-state index in [1.807, 2.05) is 6.07 Å². The van der Waals surface area contributed by atoms with E-state index in [-0.39, 0.29) is 19.8 Å². The molecule has 21 heavy (non-hydrogen) atoms. The van der Waals surface area contributed by atoms with Crippen LogP contribution >= 0.6 is 11.6 Å². The molecule has 1 aliphatic rings. The van der Waals surface area contributed by atoms with Crippen molar-refractivity contribution in [1.82, 2.24) is 5.06 Å². The number of hydroxylamine groups is 2. The third-order valence-electron chi connectivity index (χ3n) is 2.70. The summed E-state index contributed by atoms with van der Waals surface area (Å²) in [6.07, 6.45) is -1.31. The monoisotopic (exact) mass is 313 g/mol. The van der Waals surface area contributed by atoms with Gasteiger partial charge < -0.3 is 14.3 Å². The molecule has 0 N–H and O–H groups in total. The first-order valence-electron chi connectivity index (χ1n) is 6.06. The molecule has 2 rings (SSSR count). The van der Waals surface area contributed by atoms with E-state index in [2.05, 4.69) is 4.74 Å². The lowest BCUT2D eigenvalue weighted by Crippen LogP contribution is -2.36. The summed E-state index contributed by atoms with van der Waals surface area (Å²) >= 11 is 5.22. The van der Waals surface area contributed by atoms with Crippen LogP contribution in [0.4, 0.5) is 4.79 Å². The molecule has 0 saturated carbocycles. The topological polar surface area (TPSA) is 82.1 Å². The van der Waals surface area contributed by atoms with Crippen molar-refractivity contribution in [1.29, 1.82) is 0 Å². The fourth-order valence-electron chi connectivity index (χ4n) is 1.70. The highest BCUT2D eigenvalue weighted by Gasteiger charge is 2.39. The molecule has 1 heterocycles. The van der Waals surface area contributed by atoms with Crippen molar-refractivity contribution in [2.24, 2.45) is 0 Å². The number of ether oxygens (including phenoxy) is 2. The van der Waals surface area contributed by atoms with Crippen LogP contribution in [0.3, 0.4) is 0 Å². The van der Waals surface area contributed by atoms with Crippen molar-refractivity contribution < 1.29 is 28.7 Å². The molecule has 1 aromatic rings. The van der Waals surface area contributed by atoms with E-state index in [1.54, 1.807) is 24.3 Å². The highest BCUT2D eigenvalue weighted by Crippen LogP contribution is 2.17. The summed E-state index contributed by atoms with van der Waals surface area (Å²) in [6.45, 7) is -0.241. The molecule has 1 fully saturated rings. The average molecular weight is 314 g/mol. The first-order valence-corrected chi connectivity index (χ1v) is 6.44. The van der Waals surface area contributed by atoms with Crippen LogP contribution < -0.4 is 0 Å². The molecule has 1 atom stereocenters. The second-order valence-electron chi connectivity index (χ2n) is 4.20. The molecule has 1 saturated heterocycles. The van der Waals surface area contributed by atoms with Gasteiger partial charge >= 0.3 is 12.1 Å². The number of halogens is 1. The van der Waals surface area contributed by atoms with Gasteiger partial charge in [0.05, 0.1) is 6.42 Å². The number of nitrogens with zero attached hydrogens (tertiary/aromatic N) is 1. The zero-order valence-corrected chi connectivity index (χ0v) is 11.6. The molecule has 1 aromatic carbocycles. The van der Waals surface area contributed by atoms with Gasteiger partial charge in [-0.05, 0) is 17.2 Å². The molecule has 0 aromatic heterocycles. The smallest absolute Gasteiger partial charge is 0.445 e. The third kappa shape index (κ3) is 4.44. The maximum Gasteiger partial charge on any atom is 0.528 e. The first kappa shape index (κ1) is 15.3. The lowest BCUT2D eigenvalue weighted by Gasteiger charge is -2.16. The van der Waals surface area contributed by atoms with Gasteiger partial charge in [-0.1, -0.05) is 35.4 Å². The van der Waals surface area contributed by atoms with Gasteiger partial charge in [-0.15, -0.1) is 0 Å². The summed E-state index contributed by atoms with van der Waals surface area (Å²) < 4.78 is 9.58. The Kier molecular flexibility index (Phi) is 5.13. The minimum absolute atomic E-state index is 0.0292. The minimum atomic E-state index is -1.04. The van der Waals surface area contributed by atoms with Gasteiger partial charge in [0, 0.05) is 0 Å². The quantitative estimate of drug-likeness (QED) is 0.603. The number of cyclic esters (lactones) is 1. The van der Waals surface area contributed by atoms with E-state index in [1.165, 1.54) is 0 Å². The number of carbonyl (C=O) groups excluding carboxylic acids is 3. The number of esters is 1. The van der Waals surface area contributed by atoms with Crippen molar-refractivity contribution in [2.75, 3.05) is 6.73 Å². The fourth-order valence-corrected chi connectivity index (χ4v) is 1.84. The van der Waals surface area contributed by atoms with E-state index in [0.29, 0.717) is 0 Å². The lowest BCUT2D eigenvalue weighted by molar-refractivity contribution is -0.154. The lowest BCUT2D eigenvalue weighted by atomic mass is 10.2. The molecule has 8 heteroatoms. The largest absolute Gasteiger partial charge is 0.528 e. The molecule has 0 aliphatic carbocycles. The van der Waals surface area contributed by atoms with Crippen molar-refractivity contribution in [2.45, 2.75) is 19.1 Å². The second kappa shape index (κ2) is 7.05. The predicted octanol–water partition coefficient (Wildman–Crippen LogP) is 1.60. The van der Waals surface area contributed by atoms with Gasteiger partial charge in [0.25, 0.3) is 0 Å². The Balaban J connectivity index is 1.84. The molecule has 1 aliphatic heterocycles. The SMILES string of the molecule is O=C(Cl)C[C@H]1C(=O)OCN1OC(=O)OCc1ccccc1. The van der Waals surface area contributed by atoms with Crippen LogP contribution in [0.5, 0.6) is 0 Å². The Labute approximate surface area is 125 Å². The number of rotatable bonds is 5. The summed E-state index contributed by atoms with van der Waals surface area (Å²) in [5, 5.41) is 0.195. The maximum absolute atomic E-state index is 11.5. The van der Waals surface area contributed by atoms with Crippen molar-refractivity contribution in [3.05, 3.63) is 35.9 Å². The van der Waals surface area contributed by atoms with E-state index in [9.17, 15) is 14.4 Å². The van der Waals surface area contributed by atoms with E-state index in [4.69, 9.17) is 21.2 Å². The van der Waals surface area contributed by atoms with E-state index >= 15 is 0 Å². The van der Waals surface area contributed by atoms with Crippen LogP contribution in [-0.2, 0) is 30.5 Å². The predicted molar refractivity (Wildman–Crippen MR) is 69.8 cm³/mol. The molecule has 0 spiro atoms. The van der Waals surface area contributed by atoms with Gasteiger partial charge in [0.15, 0.2) is 12.8 Å². The Morgan fingerprint density at radius 1 is 1.33 bits per heavy atom. The standard InChI is InChI=1S/C13H12ClNO6/c14-11(16)6-10-12(17)20-8-15(10)21-13(18)19-7-9-4-2-1-3-5-9/h1-5,10H,6-8H2/t10-/m0/s1. The Hall–Kier alpha value is -2.12. The maximum atomic E-state index is 11.5. The van der Waals surface area contributed by atoms with Gasteiger partial charge in [0.2, 0.25) is 5.24 Å². The fraction of sp³-hybridized carbons (Fsp3) is 0.308. The Bertz CT molecular complexity index is 535. The Morgan fingerprint density at radius 3 is 2.71 bits per heavy atom. The minimum Gasteiger partial charge on any atom is -0.445 e.